The van der Waals surface area contributed by atoms with E-state index in [2.05, 4.69) is 10.3 Å². The van der Waals surface area contributed by atoms with Crippen LogP contribution in [0.5, 0.6) is 0 Å². The number of anilines is 1. The van der Waals surface area contributed by atoms with Gasteiger partial charge in [-0.3, -0.25) is 4.79 Å². The van der Waals surface area contributed by atoms with Gasteiger partial charge >= 0.3 is 0 Å². The molecule has 2 aliphatic rings. The number of sulfonamides is 1. The average molecular weight is 385 g/mol. The van der Waals surface area contributed by atoms with Crippen molar-refractivity contribution in [3.05, 3.63) is 59.0 Å². The molecule has 27 heavy (non-hydrogen) atoms. The lowest BCUT2D eigenvalue weighted by atomic mass is 10.0. The van der Waals surface area contributed by atoms with E-state index in [4.69, 9.17) is 0 Å². The van der Waals surface area contributed by atoms with Crippen molar-refractivity contribution >= 4 is 32.5 Å². The van der Waals surface area contributed by atoms with Crippen molar-refractivity contribution in [1.82, 2.24) is 9.29 Å². The Labute approximate surface area is 155 Å². The minimum absolute atomic E-state index is 0.132. The summed E-state index contributed by atoms with van der Waals surface area (Å²) in [5.74, 6) is -0.437. The normalized spacial score (nSPS) is 17.0. The van der Waals surface area contributed by atoms with Gasteiger partial charge in [-0.05, 0) is 53.9 Å². The fourth-order valence-corrected chi connectivity index (χ4v) is 5.37. The number of aromatic amines is 1. The molecule has 0 bridgehead atoms. The van der Waals surface area contributed by atoms with Crippen LogP contribution in [-0.2, 0) is 34.2 Å². The highest BCUT2D eigenvalue weighted by Crippen LogP contribution is 2.32. The maximum atomic E-state index is 13.6. The highest BCUT2D eigenvalue weighted by atomic mass is 32.2. The third-order valence-electron chi connectivity index (χ3n) is 5.24. The van der Waals surface area contributed by atoms with E-state index in [9.17, 15) is 17.6 Å². The number of H-pyrrole nitrogens is 1. The third-order valence-corrected chi connectivity index (χ3v) is 7.08. The Hall–Kier alpha value is -2.71. The zero-order valence-electron chi connectivity index (χ0n) is 14.3. The Balaban J connectivity index is 1.50. The van der Waals surface area contributed by atoms with E-state index in [0.717, 1.165) is 22.2 Å². The van der Waals surface area contributed by atoms with E-state index in [1.165, 1.54) is 22.5 Å². The van der Waals surface area contributed by atoms with Crippen molar-refractivity contribution in [2.24, 2.45) is 0 Å². The highest BCUT2D eigenvalue weighted by molar-refractivity contribution is 7.89. The standard InChI is InChI=1S/C19H16FN3O3S/c20-12-1-3-17-15(9-12)14-5-6-23(10-18(14)21-17)27(25,26)13-2-4-16-11(7-13)8-19(24)22-16/h1-4,7,9,21H,5-6,8,10H2,(H,22,24). The second-order valence-corrected chi connectivity index (χ2v) is 8.84. The summed E-state index contributed by atoms with van der Waals surface area (Å²) in [5.41, 5.74) is 3.93. The average Bonchev–Trinajstić information content (AvgIpc) is 3.19. The van der Waals surface area contributed by atoms with Crippen molar-refractivity contribution in [2.45, 2.75) is 24.3 Å². The number of carbonyl (C=O) groups is 1. The minimum Gasteiger partial charge on any atom is -0.357 e. The summed E-state index contributed by atoms with van der Waals surface area (Å²) in [4.78, 5) is 14.9. The van der Waals surface area contributed by atoms with Crippen molar-refractivity contribution in [2.75, 3.05) is 11.9 Å². The quantitative estimate of drug-likeness (QED) is 0.711. The molecule has 5 rings (SSSR count). The lowest BCUT2D eigenvalue weighted by molar-refractivity contribution is -0.115. The number of carbonyl (C=O) groups excluding carboxylic acids is 1. The number of fused-ring (bicyclic) bond motifs is 4. The number of nitrogens with zero attached hydrogens (tertiary/aromatic N) is 1. The van der Waals surface area contributed by atoms with E-state index in [1.54, 1.807) is 18.2 Å². The second-order valence-electron chi connectivity index (χ2n) is 6.90. The topological polar surface area (TPSA) is 82.3 Å². The Morgan fingerprint density at radius 3 is 2.81 bits per heavy atom. The number of nitrogens with one attached hydrogen (secondary N) is 2. The molecule has 0 fully saturated rings. The first-order valence-electron chi connectivity index (χ1n) is 8.64. The lowest BCUT2D eigenvalue weighted by Crippen LogP contribution is -2.35. The van der Waals surface area contributed by atoms with Crippen LogP contribution in [-0.4, -0.2) is 30.2 Å². The van der Waals surface area contributed by atoms with E-state index < -0.39 is 10.0 Å². The van der Waals surface area contributed by atoms with Crippen molar-refractivity contribution < 1.29 is 17.6 Å². The van der Waals surface area contributed by atoms with Gasteiger partial charge in [0.2, 0.25) is 15.9 Å². The minimum atomic E-state index is -3.69. The number of benzene rings is 2. The molecule has 6 nitrogen and oxygen atoms in total. The molecule has 0 atom stereocenters. The summed E-state index contributed by atoms with van der Waals surface area (Å²) >= 11 is 0. The number of amides is 1. The Morgan fingerprint density at radius 2 is 1.96 bits per heavy atom. The van der Waals surface area contributed by atoms with Crippen LogP contribution in [0.3, 0.4) is 0 Å². The molecule has 0 spiro atoms. The van der Waals surface area contributed by atoms with Crippen LogP contribution in [0.25, 0.3) is 10.9 Å². The van der Waals surface area contributed by atoms with Gasteiger partial charge in [0.25, 0.3) is 0 Å². The largest absolute Gasteiger partial charge is 0.357 e. The van der Waals surface area contributed by atoms with Gasteiger partial charge in [0.1, 0.15) is 5.82 Å². The monoisotopic (exact) mass is 385 g/mol. The van der Waals surface area contributed by atoms with Gasteiger partial charge in [0.05, 0.1) is 17.9 Å². The van der Waals surface area contributed by atoms with E-state index in [1.807, 2.05) is 0 Å². The first kappa shape index (κ1) is 16.5. The molecule has 3 heterocycles. The summed E-state index contributed by atoms with van der Waals surface area (Å²) in [6.07, 6.45) is 0.708. The summed E-state index contributed by atoms with van der Waals surface area (Å²) in [6.45, 7) is 0.537. The molecule has 3 aromatic rings. The van der Waals surface area contributed by atoms with Gasteiger partial charge in [-0.1, -0.05) is 0 Å². The molecule has 0 saturated heterocycles. The number of rotatable bonds is 2. The molecule has 1 aromatic heterocycles. The van der Waals surface area contributed by atoms with Gasteiger partial charge in [-0.15, -0.1) is 0 Å². The van der Waals surface area contributed by atoms with Gasteiger partial charge in [0, 0.05) is 28.8 Å². The number of halogens is 1. The van der Waals surface area contributed by atoms with Crippen LogP contribution in [0.1, 0.15) is 16.8 Å². The fraction of sp³-hybridized carbons (Fsp3) is 0.211. The van der Waals surface area contributed by atoms with Gasteiger partial charge in [-0.25, -0.2) is 12.8 Å². The fourth-order valence-electron chi connectivity index (χ4n) is 3.91. The molecule has 138 valence electrons. The molecule has 2 aromatic carbocycles. The van der Waals surface area contributed by atoms with Gasteiger partial charge in [0.15, 0.2) is 0 Å². The van der Waals surface area contributed by atoms with E-state index in [0.29, 0.717) is 24.2 Å². The predicted molar refractivity (Wildman–Crippen MR) is 98.3 cm³/mol. The Bertz CT molecular complexity index is 1220. The summed E-state index contributed by atoms with van der Waals surface area (Å²) in [7, 11) is -3.69. The van der Waals surface area contributed by atoms with Crippen molar-refractivity contribution in [1.29, 1.82) is 0 Å². The van der Waals surface area contributed by atoms with Crippen LogP contribution in [0.15, 0.2) is 41.3 Å². The van der Waals surface area contributed by atoms with E-state index in [-0.39, 0.29) is 29.6 Å². The molecule has 0 radical (unpaired) electrons. The predicted octanol–water partition coefficient (Wildman–Crippen LogP) is 2.55. The lowest BCUT2D eigenvalue weighted by Gasteiger charge is -2.26. The molecule has 0 unspecified atom stereocenters. The van der Waals surface area contributed by atoms with Crippen LogP contribution < -0.4 is 5.32 Å². The molecular weight excluding hydrogens is 369 g/mol. The molecule has 2 aliphatic heterocycles. The zero-order chi connectivity index (χ0) is 18.8. The summed E-state index contributed by atoms with van der Waals surface area (Å²) in [6, 6.07) is 9.27. The number of hydrogen-bond donors (Lipinski definition) is 2. The highest BCUT2D eigenvalue weighted by Gasteiger charge is 2.31. The molecular formula is C19H16FN3O3S. The third kappa shape index (κ3) is 2.55. The van der Waals surface area contributed by atoms with Crippen LogP contribution >= 0.6 is 0 Å². The van der Waals surface area contributed by atoms with Crippen LogP contribution in [0.2, 0.25) is 0 Å². The smallest absolute Gasteiger partial charge is 0.243 e. The van der Waals surface area contributed by atoms with Gasteiger partial charge < -0.3 is 10.3 Å². The summed E-state index contributed by atoms with van der Waals surface area (Å²) in [5, 5.41) is 3.51. The Kier molecular flexibility index (Phi) is 3.44. The van der Waals surface area contributed by atoms with Crippen LogP contribution in [0.4, 0.5) is 10.1 Å². The molecule has 2 N–H and O–H groups in total. The molecule has 8 heteroatoms. The molecule has 1 amide bonds. The van der Waals surface area contributed by atoms with E-state index >= 15 is 0 Å². The molecule has 0 aliphatic carbocycles. The summed E-state index contributed by atoms with van der Waals surface area (Å²) < 4.78 is 41.2. The maximum Gasteiger partial charge on any atom is 0.243 e. The molecule has 0 saturated carbocycles. The number of hydrogen-bond acceptors (Lipinski definition) is 3. The van der Waals surface area contributed by atoms with Gasteiger partial charge in [-0.2, -0.15) is 4.31 Å². The zero-order valence-corrected chi connectivity index (χ0v) is 15.1. The van der Waals surface area contributed by atoms with Crippen LogP contribution in [0, 0.1) is 5.82 Å². The maximum absolute atomic E-state index is 13.6. The Morgan fingerprint density at radius 1 is 1.11 bits per heavy atom. The SMILES string of the molecule is O=C1Cc2cc(S(=O)(=O)N3CCc4c([nH]c5ccc(F)cc45)C3)ccc2N1. The second kappa shape index (κ2) is 5.64. The van der Waals surface area contributed by atoms with Crippen molar-refractivity contribution in [3.8, 4) is 0 Å². The van der Waals surface area contributed by atoms with Crippen molar-refractivity contribution in [3.63, 3.8) is 0 Å². The first-order chi connectivity index (χ1) is 12.9. The first-order valence-corrected chi connectivity index (χ1v) is 10.1. The number of aromatic nitrogens is 1.